The minimum atomic E-state index is -0.262. The number of thioether (sulfide) groups is 1. The third kappa shape index (κ3) is 3.53. The molecule has 1 amide bonds. The first-order chi connectivity index (χ1) is 15.0. The maximum absolute atomic E-state index is 12.8. The van der Waals surface area contributed by atoms with E-state index in [1.54, 1.807) is 9.58 Å². The van der Waals surface area contributed by atoms with Gasteiger partial charge in [-0.1, -0.05) is 36.0 Å². The molecule has 1 aliphatic rings. The molecule has 0 saturated heterocycles. The number of hydrogen-bond acceptors (Lipinski definition) is 5. The van der Waals surface area contributed by atoms with Gasteiger partial charge in [0, 0.05) is 12.2 Å². The minimum absolute atomic E-state index is 0.000336. The molecule has 0 saturated carbocycles. The first-order valence-electron chi connectivity index (χ1n) is 10.1. The summed E-state index contributed by atoms with van der Waals surface area (Å²) in [5.41, 5.74) is 5.54. The summed E-state index contributed by atoms with van der Waals surface area (Å²) >= 11 is 1.23. The van der Waals surface area contributed by atoms with Crippen molar-refractivity contribution in [1.82, 2.24) is 19.7 Å². The average Bonchev–Trinajstić information content (AvgIpc) is 3.39. The number of fused-ring (bicyclic) bond motifs is 2. The van der Waals surface area contributed by atoms with Crippen molar-refractivity contribution < 1.29 is 4.79 Å². The summed E-state index contributed by atoms with van der Waals surface area (Å²) in [5, 5.41) is 5.20. The van der Waals surface area contributed by atoms with Crippen LogP contribution in [0.5, 0.6) is 0 Å². The maximum atomic E-state index is 12.8. The molecule has 8 heteroatoms. The third-order valence-electron chi connectivity index (χ3n) is 5.67. The molecule has 2 aromatic carbocycles. The molecule has 0 spiro atoms. The number of carbonyl (C=O) groups is 1. The normalized spacial score (nSPS) is 13.0. The number of para-hydroxylation sites is 1. The van der Waals surface area contributed by atoms with E-state index >= 15 is 0 Å². The van der Waals surface area contributed by atoms with Gasteiger partial charge in [0.2, 0.25) is 5.91 Å². The number of rotatable bonds is 4. The zero-order valence-electron chi connectivity index (χ0n) is 17.3. The van der Waals surface area contributed by atoms with Crippen LogP contribution in [0.15, 0.2) is 58.6 Å². The minimum Gasteiger partial charge on any atom is -0.311 e. The number of aromatic nitrogens is 4. The lowest BCUT2D eigenvalue weighted by atomic mass is 10.1. The van der Waals surface area contributed by atoms with Crippen molar-refractivity contribution in [3.63, 3.8) is 0 Å². The highest BCUT2D eigenvalue weighted by atomic mass is 32.2. The Labute approximate surface area is 183 Å². The number of H-pyrrole nitrogens is 1. The van der Waals surface area contributed by atoms with E-state index < -0.39 is 0 Å². The number of amides is 1. The van der Waals surface area contributed by atoms with Gasteiger partial charge < -0.3 is 9.88 Å². The monoisotopic (exact) mass is 431 g/mol. The summed E-state index contributed by atoms with van der Waals surface area (Å²) in [6, 6.07) is 14.0. The van der Waals surface area contributed by atoms with Gasteiger partial charge in [0.25, 0.3) is 5.56 Å². The van der Waals surface area contributed by atoms with Gasteiger partial charge in [0.15, 0.2) is 10.8 Å². The number of benzene rings is 2. The van der Waals surface area contributed by atoms with Gasteiger partial charge in [0.05, 0.1) is 17.6 Å². The molecule has 2 aromatic heterocycles. The Morgan fingerprint density at radius 1 is 1.16 bits per heavy atom. The van der Waals surface area contributed by atoms with E-state index in [0.29, 0.717) is 22.7 Å². The molecule has 7 nitrogen and oxygen atoms in total. The Morgan fingerprint density at radius 2 is 2.00 bits per heavy atom. The molecular weight excluding hydrogens is 410 g/mol. The highest BCUT2D eigenvalue weighted by Crippen LogP contribution is 2.28. The fourth-order valence-electron chi connectivity index (χ4n) is 3.82. The van der Waals surface area contributed by atoms with Crippen LogP contribution in [-0.2, 0) is 11.2 Å². The van der Waals surface area contributed by atoms with Crippen molar-refractivity contribution in [2.45, 2.75) is 25.4 Å². The molecule has 1 N–H and O–H groups in total. The molecule has 0 unspecified atom stereocenters. The van der Waals surface area contributed by atoms with Crippen LogP contribution in [0, 0.1) is 13.8 Å². The van der Waals surface area contributed by atoms with Crippen LogP contribution in [0.3, 0.4) is 0 Å². The number of hydrogen-bond donors (Lipinski definition) is 1. The van der Waals surface area contributed by atoms with E-state index in [1.165, 1.54) is 29.1 Å². The first kappa shape index (κ1) is 19.6. The lowest BCUT2D eigenvalue weighted by Gasteiger charge is -2.16. The number of nitrogens with one attached hydrogen (secondary N) is 1. The Bertz CT molecular complexity index is 1370. The average molecular weight is 432 g/mol. The summed E-state index contributed by atoms with van der Waals surface area (Å²) in [7, 11) is 0. The van der Waals surface area contributed by atoms with Crippen LogP contribution >= 0.6 is 11.8 Å². The van der Waals surface area contributed by atoms with E-state index in [-0.39, 0.29) is 17.2 Å². The van der Waals surface area contributed by atoms with Gasteiger partial charge in [0.1, 0.15) is 5.39 Å². The van der Waals surface area contributed by atoms with Crippen molar-refractivity contribution >= 4 is 34.4 Å². The van der Waals surface area contributed by atoms with Crippen molar-refractivity contribution in [3.8, 4) is 5.69 Å². The van der Waals surface area contributed by atoms with Gasteiger partial charge in [-0.2, -0.15) is 5.10 Å². The molecule has 5 rings (SSSR count). The van der Waals surface area contributed by atoms with Crippen molar-refractivity contribution in [3.05, 3.63) is 75.7 Å². The van der Waals surface area contributed by atoms with Crippen LogP contribution in [0.25, 0.3) is 16.7 Å². The Balaban J connectivity index is 1.41. The van der Waals surface area contributed by atoms with Crippen molar-refractivity contribution in [2.24, 2.45) is 0 Å². The predicted molar refractivity (Wildman–Crippen MR) is 122 cm³/mol. The van der Waals surface area contributed by atoms with Crippen LogP contribution in [0.1, 0.15) is 16.7 Å². The molecule has 3 heterocycles. The van der Waals surface area contributed by atoms with E-state index in [9.17, 15) is 9.59 Å². The van der Waals surface area contributed by atoms with Gasteiger partial charge in [-0.3, -0.25) is 9.59 Å². The number of aryl methyl sites for hydroxylation is 2. The Kier molecular flexibility index (Phi) is 4.86. The highest BCUT2D eigenvalue weighted by Gasteiger charge is 2.24. The number of nitrogens with zero attached hydrogens (tertiary/aromatic N) is 4. The number of aromatic amines is 1. The molecule has 4 aromatic rings. The second kappa shape index (κ2) is 7.70. The second-order valence-electron chi connectivity index (χ2n) is 7.65. The van der Waals surface area contributed by atoms with Gasteiger partial charge in [-0.25, -0.2) is 9.67 Å². The lowest BCUT2D eigenvalue weighted by molar-refractivity contribution is -0.116. The molecular formula is C23H21N5O2S. The fraction of sp³-hybridized carbons (Fsp3) is 0.217. The lowest BCUT2D eigenvalue weighted by Crippen LogP contribution is -2.30. The summed E-state index contributed by atoms with van der Waals surface area (Å²) in [6.45, 7) is 4.77. The largest absolute Gasteiger partial charge is 0.311 e. The molecule has 0 fully saturated rings. The second-order valence-corrected chi connectivity index (χ2v) is 8.61. The molecule has 0 bridgehead atoms. The standard InChI is InChI=1S/C23H21N5O2S/c1-14-7-8-17(11-15(14)2)28-21-18(12-24-28)22(30)26-23(25-21)31-13-20(29)27-10-9-16-5-3-4-6-19(16)27/h3-8,11-12H,9-10,13H2,1-2H3,(H,25,26,30). The van der Waals surface area contributed by atoms with Gasteiger partial charge in [-0.05, 0) is 55.2 Å². The quantitative estimate of drug-likeness (QED) is 0.395. The molecule has 1 aliphatic heterocycles. The topological polar surface area (TPSA) is 83.9 Å². The van der Waals surface area contributed by atoms with Crippen molar-refractivity contribution in [2.75, 3.05) is 17.2 Å². The summed E-state index contributed by atoms with van der Waals surface area (Å²) in [6.07, 6.45) is 2.39. The van der Waals surface area contributed by atoms with Gasteiger partial charge >= 0.3 is 0 Å². The molecule has 156 valence electrons. The summed E-state index contributed by atoms with van der Waals surface area (Å²) in [4.78, 5) is 34.6. The fourth-order valence-corrected chi connectivity index (χ4v) is 4.55. The molecule has 0 atom stereocenters. The van der Waals surface area contributed by atoms with Crippen LogP contribution in [-0.4, -0.2) is 38.0 Å². The summed E-state index contributed by atoms with van der Waals surface area (Å²) < 4.78 is 1.67. The first-order valence-corrected chi connectivity index (χ1v) is 11.1. The van der Waals surface area contributed by atoms with E-state index in [1.807, 2.05) is 50.2 Å². The smallest absolute Gasteiger partial charge is 0.262 e. The molecule has 0 aliphatic carbocycles. The van der Waals surface area contributed by atoms with Gasteiger partial charge in [-0.15, -0.1) is 0 Å². The van der Waals surface area contributed by atoms with E-state index in [0.717, 1.165) is 23.4 Å². The molecule has 0 radical (unpaired) electrons. The Hall–Kier alpha value is -3.39. The van der Waals surface area contributed by atoms with E-state index in [2.05, 4.69) is 21.1 Å². The van der Waals surface area contributed by atoms with Crippen LogP contribution < -0.4 is 10.5 Å². The van der Waals surface area contributed by atoms with Crippen LogP contribution in [0.2, 0.25) is 0 Å². The predicted octanol–water partition coefficient (Wildman–Crippen LogP) is 3.41. The highest BCUT2D eigenvalue weighted by molar-refractivity contribution is 7.99. The zero-order chi connectivity index (χ0) is 21.5. The number of carbonyl (C=O) groups excluding carboxylic acids is 1. The summed E-state index contributed by atoms with van der Waals surface area (Å²) in [5.74, 6) is 0.195. The van der Waals surface area contributed by atoms with Crippen molar-refractivity contribution in [1.29, 1.82) is 0 Å². The van der Waals surface area contributed by atoms with Crippen LogP contribution in [0.4, 0.5) is 5.69 Å². The number of anilines is 1. The molecule has 31 heavy (non-hydrogen) atoms. The Morgan fingerprint density at radius 3 is 2.84 bits per heavy atom. The zero-order valence-corrected chi connectivity index (χ0v) is 18.1. The SMILES string of the molecule is Cc1ccc(-n2ncc3c(=O)[nH]c(SCC(=O)N4CCc5ccccc54)nc32)cc1C. The maximum Gasteiger partial charge on any atom is 0.262 e. The third-order valence-corrected chi connectivity index (χ3v) is 6.53. The van der Waals surface area contributed by atoms with E-state index in [4.69, 9.17) is 0 Å².